The molecule has 102 valence electrons. The lowest BCUT2D eigenvalue weighted by molar-refractivity contribution is -0.150. The zero-order valence-electron chi connectivity index (χ0n) is 10.9. The first-order valence-electron chi connectivity index (χ1n) is 7.23. The van der Waals surface area contributed by atoms with Gasteiger partial charge < -0.3 is 10.0 Å². The Hall–Kier alpha value is -1.06. The zero-order valence-corrected chi connectivity index (χ0v) is 10.9. The summed E-state index contributed by atoms with van der Waals surface area (Å²) in [6.45, 7) is 0.631. The molecule has 4 heteroatoms. The van der Waals surface area contributed by atoms with Gasteiger partial charge in [-0.05, 0) is 25.7 Å². The average molecular weight is 253 g/mol. The summed E-state index contributed by atoms with van der Waals surface area (Å²) in [6, 6.07) is -0.567. The second-order valence-electron chi connectivity index (χ2n) is 5.57. The van der Waals surface area contributed by atoms with E-state index in [2.05, 4.69) is 0 Å². The first-order chi connectivity index (χ1) is 8.70. The number of hydrogen-bond acceptors (Lipinski definition) is 2. The van der Waals surface area contributed by atoms with Gasteiger partial charge in [-0.25, -0.2) is 4.79 Å². The minimum absolute atomic E-state index is 0.0743. The summed E-state index contributed by atoms with van der Waals surface area (Å²) in [4.78, 5) is 25.2. The molecule has 1 aliphatic carbocycles. The molecule has 1 aliphatic heterocycles. The molecule has 0 radical (unpaired) electrons. The number of carboxylic acids is 1. The molecule has 1 N–H and O–H groups in total. The predicted molar refractivity (Wildman–Crippen MR) is 68.2 cm³/mol. The van der Waals surface area contributed by atoms with Gasteiger partial charge in [0.15, 0.2) is 0 Å². The Labute approximate surface area is 108 Å². The minimum atomic E-state index is -0.841. The van der Waals surface area contributed by atoms with Gasteiger partial charge in [-0.3, -0.25) is 4.79 Å². The lowest BCUT2D eigenvalue weighted by Crippen LogP contribution is -2.43. The van der Waals surface area contributed by atoms with E-state index in [9.17, 15) is 9.59 Å². The third-order valence-corrected chi connectivity index (χ3v) is 4.28. The Balaban J connectivity index is 1.98. The van der Waals surface area contributed by atoms with Crippen molar-refractivity contribution in [2.45, 2.75) is 63.8 Å². The maximum atomic E-state index is 12.4. The van der Waals surface area contributed by atoms with E-state index in [4.69, 9.17) is 5.11 Å². The molecular formula is C14H23NO3. The fourth-order valence-electron chi connectivity index (χ4n) is 3.22. The summed E-state index contributed by atoms with van der Waals surface area (Å²) in [5.74, 6) is -0.668. The molecule has 0 aromatic rings. The van der Waals surface area contributed by atoms with Crippen LogP contribution in [0, 0.1) is 5.92 Å². The molecule has 18 heavy (non-hydrogen) atoms. The van der Waals surface area contributed by atoms with Gasteiger partial charge in [0.25, 0.3) is 0 Å². The molecule has 1 atom stereocenters. The van der Waals surface area contributed by atoms with E-state index >= 15 is 0 Å². The van der Waals surface area contributed by atoms with Crippen LogP contribution in [0.4, 0.5) is 0 Å². The maximum absolute atomic E-state index is 12.4. The van der Waals surface area contributed by atoms with E-state index in [1.807, 2.05) is 0 Å². The zero-order chi connectivity index (χ0) is 13.0. The van der Waals surface area contributed by atoms with Gasteiger partial charge >= 0.3 is 5.97 Å². The largest absolute Gasteiger partial charge is 0.480 e. The number of amides is 1. The Bertz CT molecular complexity index is 308. The normalized spacial score (nSPS) is 26.7. The van der Waals surface area contributed by atoms with Crippen molar-refractivity contribution in [2.24, 2.45) is 5.92 Å². The maximum Gasteiger partial charge on any atom is 0.326 e. The van der Waals surface area contributed by atoms with Crippen LogP contribution < -0.4 is 0 Å². The van der Waals surface area contributed by atoms with Gasteiger partial charge in [0.05, 0.1) is 0 Å². The Morgan fingerprint density at radius 3 is 2.11 bits per heavy atom. The van der Waals surface area contributed by atoms with E-state index in [0.717, 1.165) is 32.1 Å². The highest BCUT2D eigenvalue weighted by atomic mass is 16.4. The van der Waals surface area contributed by atoms with Gasteiger partial charge in [-0.2, -0.15) is 0 Å². The summed E-state index contributed by atoms with van der Waals surface area (Å²) in [7, 11) is 0. The number of rotatable bonds is 2. The summed E-state index contributed by atoms with van der Waals surface area (Å²) >= 11 is 0. The van der Waals surface area contributed by atoms with E-state index in [1.54, 1.807) is 4.90 Å². The van der Waals surface area contributed by atoms with E-state index < -0.39 is 12.0 Å². The number of carbonyl (C=O) groups is 2. The SMILES string of the molecule is O=C(O)[C@H]1CCCN1C(=O)C1CCCCCCC1. The third kappa shape index (κ3) is 3.03. The molecule has 1 amide bonds. The van der Waals surface area contributed by atoms with Gasteiger partial charge in [0, 0.05) is 12.5 Å². The van der Waals surface area contributed by atoms with Crippen LogP contribution in [0.2, 0.25) is 0 Å². The topological polar surface area (TPSA) is 57.6 Å². The quantitative estimate of drug-likeness (QED) is 0.822. The Morgan fingerprint density at radius 2 is 1.50 bits per heavy atom. The monoisotopic (exact) mass is 253 g/mol. The van der Waals surface area contributed by atoms with Gasteiger partial charge in [0.2, 0.25) is 5.91 Å². The number of carboxylic acid groups (broad SMARTS) is 1. The third-order valence-electron chi connectivity index (χ3n) is 4.28. The van der Waals surface area contributed by atoms with Crippen LogP contribution in [0.3, 0.4) is 0 Å². The molecule has 2 aliphatic rings. The van der Waals surface area contributed by atoms with Crippen molar-refractivity contribution in [3.05, 3.63) is 0 Å². The minimum Gasteiger partial charge on any atom is -0.480 e. The van der Waals surface area contributed by atoms with Gasteiger partial charge in [-0.1, -0.05) is 32.1 Å². The molecule has 0 aromatic carbocycles. The average Bonchev–Trinajstić information content (AvgIpc) is 2.76. The fourth-order valence-corrected chi connectivity index (χ4v) is 3.22. The van der Waals surface area contributed by atoms with Crippen molar-refractivity contribution in [1.29, 1.82) is 0 Å². The van der Waals surface area contributed by atoms with Crippen molar-refractivity contribution in [1.82, 2.24) is 4.90 Å². The molecule has 0 aromatic heterocycles. The number of carbonyl (C=O) groups excluding carboxylic acids is 1. The highest BCUT2D eigenvalue weighted by Crippen LogP contribution is 2.27. The molecule has 4 nitrogen and oxygen atoms in total. The van der Waals surface area contributed by atoms with E-state index in [0.29, 0.717) is 13.0 Å². The van der Waals surface area contributed by atoms with Crippen LogP contribution in [-0.4, -0.2) is 34.5 Å². The number of hydrogen-bond donors (Lipinski definition) is 1. The standard InChI is InChI=1S/C14H23NO3/c16-13(11-7-4-2-1-3-5-8-11)15-10-6-9-12(15)14(17)18/h11-12H,1-10H2,(H,17,18)/t12-/m1/s1. The Morgan fingerprint density at radius 1 is 0.889 bits per heavy atom. The van der Waals surface area contributed by atoms with Crippen molar-refractivity contribution < 1.29 is 14.7 Å². The lowest BCUT2D eigenvalue weighted by Gasteiger charge is -2.27. The lowest BCUT2D eigenvalue weighted by atomic mass is 9.90. The van der Waals surface area contributed by atoms with E-state index in [-0.39, 0.29) is 11.8 Å². The van der Waals surface area contributed by atoms with Crippen molar-refractivity contribution in [3.8, 4) is 0 Å². The van der Waals surface area contributed by atoms with Crippen LogP contribution in [0.1, 0.15) is 57.8 Å². The number of likely N-dealkylation sites (tertiary alicyclic amines) is 1. The summed E-state index contributed by atoms with van der Waals surface area (Å²) in [5, 5.41) is 9.14. The van der Waals surface area contributed by atoms with Crippen LogP contribution in [0.25, 0.3) is 0 Å². The Kier molecular flexibility index (Phi) is 4.61. The van der Waals surface area contributed by atoms with Crippen molar-refractivity contribution in [2.75, 3.05) is 6.54 Å². The smallest absolute Gasteiger partial charge is 0.326 e. The summed E-state index contributed by atoms with van der Waals surface area (Å²) in [5.41, 5.74) is 0. The van der Waals surface area contributed by atoms with Crippen LogP contribution in [0.15, 0.2) is 0 Å². The van der Waals surface area contributed by atoms with Crippen LogP contribution >= 0.6 is 0 Å². The second-order valence-corrected chi connectivity index (χ2v) is 5.57. The van der Waals surface area contributed by atoms with Crippen molar-refractivity contribution in [3.63, 3.8) is 0 Å². The fraction of sp³-hybridized carbons (Fsp3) is 0.857. The van der Waals surface area contributed by atoms with Crippen molar-refractivity contribution >= 4 is 11.9 Å². The first kappa shape index (κ1) is 13.4. The molecule has 1 saturated carbocycles. The summed E-state index contributed by atoms with van der Waals surface area (Å²) < 4.78 is 0. The van der Waals surface area contributed by atoms with Crippen LogP contribution in [0.5, 0.6) is 0 Å². The molecular weight excluding hydrogens is 230 g/mol. The van der Waals surface area contributed by atoms with Crippen LogP contribution in [-0.2, 0) is 9.59 Å². The molecule has 2 fully saturated rings. The second kappa shape index (κ2) is 6.21. The molecule has 0 unspecified atom stereocenters. The molecule has 0 bridgehead atoms. The number of nitrogens with zero attached hydrogens (tertiary/aromatic N) is 1. The molecule has 1 heterocycles. The molecule has 2 rings (SSSR count). The number of aliphatic carboxylic acids is 1. The summed E-state index contributed by atoms with van der Waals surface area (Å²) in [6.07, 6.45) is 9.27. The molecule has 0 spiro atoms. The predicted octanol–water partition coefficient (Wildman–Crippen LogP) is 2.42. The highest BCUT2D eigenvalue weighted by Gasteiger charge is 2.36. The van der Waals surface area contributed by atoms with Gasteiger partial charge in [-0.15, -0.1) is 0 Å². The highest BCUT2D eigenvalue weighted by molar-refractivity contribution is 5.85. The van der Waals surface area contributed by atoms with Gasteiger partial charge in [0.1, 0.15) is 6.04 Å². The molecule has 1 saturated heterocycles. The van der Waals surface area contributed by atoms with E-state index in [1.165, 1.54) is 19.3 Å². The first-order valence-corrected chi connectivity index (χ1v) is 7.23.